The van der Waals surface area contributed by atoms with E-state index in [4.69, 9.17) is 22.0 Å². The van der Waals surface area contributed by atoms with Crippen LogP contribution in [0.25, 0.3) is 4.85 Å². The normalized spacial score (nSPS) is 19.1. The van der Waals surface area contributed by atoms with E-state index in [9.17, 15) is 15.2 Å². The van der Waals surface area contributed by atoms with Crippen LogP contribution >= 0.6 is 11.8 Å². The molecule has 0 radical (unpaired) electrons. The molecule has 2 aliphatic rings. The Kier molecular flexibility index (Phi) is 6.61. The summed E-state index contributed by atoms with van der Waals surface area (Å²) in [5.41, 5.74) is 7.88. The van der Waals surface area contributed by atoms with Gasteiger partial charge in [-0.25, -0.2) is 9.83 Å². The number of aromatic nitrogens is 1. The first-order chi connectivity index (χ1) is 15.6. The summed E-state index contributed by atoms with van der Waals surface area (Å²) in [6, 6.07) is 11.4. The molecule has 4 rings (SSSR count). The van der Waals surface area contributed by atoms with Gasteiger partial charge in [0, 0.05) is 13.1 Å². The smallest absolute Gasteiger partial charge is 0.235 e. The summed E-state index contributed by atoms with van der Waals surface area (Å²) in [7, 11) is 0. The van der Waals surface area contributed by atoms with Crippen molar-refractivity contribution in [2.45, 2.75) is 35.1 Å². The van der Waals surface area contributed by atoms with Gasteiger partial charge in [-0.05, 0) is 29.9 Å². The molecule has 2 unspecified atom stereocenters. The summed E-state index contributed by atoms with van der Waals surface area (Å²) in [5, 5.41) is 19.2. The second kappa shape index (κ2) is 9.58. The maximum Gasteiger partial charge on any atom is 0.235 e. The number of hydrogen-bond acceptors (Lipinski definition) is 7. The SMILES string of the molecule is [C-]#[N+]c1c(N2CCOC(CO)C2)nc(SC(C(N)=O)c2ccccc2)c(C#N)c1C1CC1. The maximum atomic E-state index is 12.3. The van der Waals surface area contributed by atoms with Crippen molar-refractivity contribution in [3.05, 3.63) is 58.4 Å². The van der Waals surface area contributed by atoms with Gasteiger partial charge in [-0.15, -0.1) is 0 Å². The standard InChI is InChI=1S/C23H23N5O3S/c1-26-19-18(14-7-8-14)17(11-24)23(27-22(19)28-9-10-31-16(12-28)13-29)32-20(21(25)30)15-5-3-2-4-6-15/h2-6,14,16,20,29H,7-10,12-13H2,(H2,25,30). The fraction of sp³-hybridized carbons (Fsp3) is 0.391. The molecule has 2 heterocycles. The van der Waals surface area contributed by atoms with Gasteiger partial charge in [0.05, 0.1) is 31.5 Å². The average Bonchev–Trinajstić information content (AvgIpc) is 3.67. The van der Waals surface area contributed by atoms with Crippen LogP contribution < -0.4 is 10.6 Å². The summed E-state index contributed by atoms with van der Waals surface area (Å²) >= 11 is 1.15. The van der Waals surface area contributed by atoms with Crippen LogP contribution in [-0.4, -0.2) is 48.4 Å². The van der Waals surface area contributed by atoms with Crippen molar-refractivity contribution in [1.29, 1.82) is 5.26 Å². The van der Waals surface area contributed by atoms with E-state index >= 15 is 0 Å². The zero-order chi connectivity index (χ0) is 22.7. The molecule has 8 nitrogen and oxygen atoms in total. The third-order valence-electron chi connectivity index (χ3n) is 5.60. The number of carbonyl (C=O) groups excluding carboxylic acids is 1. The molecule has 0 spiro atoms. The summed E-state index contributed by atoms with van der Waals surface area (Å²) in [5.74, 6) is 0.0806. The molecule has 2 atom stereocenters. The van der Waals surface area contributed by atoms with E-state index in [1.54, 1.807) is 0 Å². The largest absolute Gasteiger partial charge is 0.394 e. The molecule has 1 saturated carbocycles. The van der Waals surface area contributed by atoms with Gasteiger partial charge in [-0.3, -0.25) is 4.79 Å². The van der Waals surface area contributed by atoms with Crippen molar-refractivity contribution in [3.63, 3.8) is 0 Å². The highest BCUT2D eigenvalue weighted by Gasteiger charge is 2.36. The molecule has 164 valence electrons. The number of carbonyl (C=O) groups is 1. The molecule has 1 aliphatic heterocycles. The van der Waals surface area contributed by atoms with Gasteiger partial charge in [0.25, 0.3) is 0 Å². The fourth-order valence-corrected chi connectivity index (χ4v) is 4.95. The van der Waals surface area contributed by atoms with Gasteiger partial charge >= 0.3 is 0 Å². The average molecular weight is 450 g/mol. The second-order valence-electron chi connectivity index (χ2n) is 7.81. The van der Waals surface area contributed by atoms with Crippen molar-refractivity contribution in [2.75, 3.05) is 31.2 Å². The van der Waals surface area contributed by atoms with Crippen molar-refractivity contribution in [2.24, 2.45) is 5.73 Å². The van der Waals surface area contributed by atoms with Crippen LogP contribution in [0.1, 0.15) is 40.7 Å². The van der Waals surface area contributed by atoms with E-state index in [1.807, 2.05) is 35.2 Å². The Morgan fingerprint density at radius 3 is 2.78 bits per heavy atom. The Balaban J connectivity index is 1.83. The number of rotatable bonds is 7. The Morgan fingerprint density at radius 1 is 1.44 bits per heavy atom. The molecule has 1 aliphatic carbocycles. The van der Waals surface area contributed by atoms with Gasteiger partial charge in [0.1, 0.15) is 22.2 Å². The number of amides is 1. The quantitative estimate of drug-likeness (QED) is 0.493. The summed E-state index contributed by atoms with van der Waals surface area (Å²) in [6.07, 6.45) is 1.44. The number of aliphatic hydroxyl groups excluding tert-OH is 1. The second-order valence-corrected chi connectivity index (χ2v) is 8.90. The molecule has 1 amide bonds. The number of nitrogens with zero attached hydrogens (tertiary/aromatic N) is 4. The Bertz CT molecular complexity index is 1090. The number of hydrogen-bond donors (Lipinski definition) is 2. The van der Waals surface area contributed by atoms with Crippen molar-refractivity contribution in [3.8, 4) is 6.07 Å². The predicted molar refractivity (Wildman–Crippen MR) is 120 cm³/mol. The van der Waals surface area contributed by atoms with Gasteiger partial charge in [-0.2, -0.15) is 5.26 Å². The van der Waals surface area contributed by atoms with Gasteiger partial charge < -0.3 is 20.5 Å². The number of nitriles is 1. The van der Waals surface area contributed by atoms with Gasteiger partial charge in [-0.1, -0.05) is 42.1 Å². The first kappa shape index (κ1) is 22.1. The van der Waals surface area contributed by atoms with E-state index in [2.05, 4.69) is 10.9 Å². The fourth-order valence-electron chi connectivity index (χ4n) is 3.90. The lowest BCUT2D eigenvalue weighted by Gasteiger charge is -2.34. The third-order valence-corrected chi connectivity index (χ3v) is 6.86. The maximum absolute atomic E-state index is 12.3. The van der Waals surface area contributed by atoms with E-state index in [-0.39, 0.29) is 18.6 Å². The molecular formula is C23H23N5O3S. The highest BCUT2D eigenvalue weighted by molar-refractivity contribution is 8.00. The number of nitrogens with two attached hydrogens (primary N) is 1. The molecule has 1 aromatic heterocycles. The molecule has 9 heteroatoms. The molecule has 1 saturated heterocycles. The highest BCUT2D eigenvalue weighted by atomic mass is 32.2. The number of ether oxygens (including phenoxy) is 1. The van der Waals surface area contributed by atoms with Crippen LogP contribution in [0.15, 0.2) is 35.4 Å². The lowest BCUT2D eigenvalue weighted by atomic mass is 10.0. The molecule has 1 aromatic carbocycles. The van der Waals surface area contributed by atoms with Crippen LogP contribution in [-0.2, 0) is 9.53 Å². The van der Waals surface area contributed by atoms with Crippen molar-refractivity contribution < 1.29 is 14.6 Å². The molecule has 2 fully saturated rings. The van der Waals surface area contributed by atoms with Crippen LogP contribution in [0.5, 0.6) is 0 Å². The minimum Gasteiger partial charge on any atom is -0.394 e. The van der Waals surface area contributed by atoms with Crippen molar-refractivity contribution >= 4 is 29.2 Å². The van der Waals surface area contributed by atoms with Crippen LogP contribution in [0, 0.1) is 17.9 Å². The summed E-state index contributed by atoms with van der Waals surface area (Å²) in [6.45, 7) is 9.02. The first-order valence-electron chi connectivity index (χ1n) is 10.4. The number of pyridine rings is 1. The number of primary amides is 1. The lowest BCUT2D eigenvalue weighted by molar-refractivity contribution is -0.117. The van der Waals surface area contributed by atoms with Gasteiger partial charge in [0.2, 0.25) is 11.6 Å². The topological polar surface area (TPSA) is 117 Å². The zero-order valence-electron chi connectivity index (χ0n) is 17.4. The first-order valence-corrected chi connectivity index (χ1v) is 11.3. The monoisotopic (exact) mass is 449 g/mol. The Hall–Kier alpha value is -3.11. The van der Waals surface area contributed by atoms with Gasteiger partial charge in [0.15, 0.2) is 0 Å². The van der Waals surface area contributed by atoms with E-state index in [1.165, 1.54) is 0 Å². The van der Waals surface area contributed by atoms with Crippen LogP contribution in [0.2, 0.25) is 0 Å². The molecule has 32 heavy (non-hydrogen) atoms. The number of aliphatic hydroxyl groups is 1. The Labute approximate surface area is 190 Å². The highest BCUT2D eigenvalue weighted by Crippen LogP contribution is 2.51. The number of anilines is 1. The number of morpholine rings is 1. The lowest BCUT2D eigenvalue weighted by Crippen LogP contribution is -2.44. The van der Waals surface area contributed by atoms with Crippen molar-refractivity contribution in [1.82, 2.24) is 4.98 Å². The third kappa shape index (κ3) is 4.42. The molecular weight excluding hydrogens is 426 g/mol. The number of benzene rings is 1. The molecule has 0 bridgehead atoms. The van der Waals surface area contributed by atoms with E-state index < -0.39 is 11.2 Å². The minimum atomic E-state index is -0.718. The van der Waals surface area contributed by atoms with E-state index in [0.29, 0.717) is 47.4 Å². The van der Waals surface area contributed by atoms with E-state index in [0.717, 1.165) is 30.2 Å². The molecule has 3 N–H and O–H groups in total. The summed E-state index contributed by atoms with van der Waals surface area (Å²) < 4.78 is 5.56. The number of thioether (sulfide) groups is 1. The predicted octanol–water partition coefficient (Wildman–Crippen LogP) is 2.90. The van der Waals surface area contributed by atoms with Crippen LogP contribution in [0.4, 0.5) is 11.5 Å². The molecule has 2 aromatic rings. The minimum absolute atomic E-state index is 0.130. The Morgan fingerprint density at radius 2 is 2.19 bits per heavy atom. The zero-order valence-corrected chi connectivity index (χ0v) is 18.2. The van der Waals surface area contributed by atoms with Crippen LogP contribution in [0.3, 0.4) is 0 Å². The summed E-state index contributed by atoms with van der Waals surface area (Å²) in [4.78, 5) is 22.7.